The lowest BCUT2D eigenvalue weighted by Gasteiger charge is -2.08. The number of nitrogens with zero attached hydrogens (tertiary/aromatic N) is 2. The van der Waals surface area contributed by atoms with Gasteiger partial charge in [-0.3, -0.25) is 10.4 Å². The molecule has 0 saturated carbocycles. The van der Waals surface area contributed by atoms with Gasteiger partial charge in [0.1, 0.15) is 23.0 Å². The molecule has 0 spiro atoms. The SMILES string of the molecule is N#Cc1c(-c2cccnc2)c2ccc(O)cc2oc1=N. The van der Waals surface area contributed by atoms with Crippen LogP contribution in [0.15, 0.2) is 47.1 Å². The Morgan fingerprint density at radius 1 is 1.30 bits per heavy atom. The monoisotopic (exact) mass is 263 g/mol. The minimum atomic E-state index is -0.232. The zero-order valence-electron chi connectivity index (χ0n) is 10.3. The summed E-state index contributed by atoms with van der Waals surface area (Å²) in [5.74, 6) is 0.0440. The van der Waals surface area contributed by atoms with Crippen LogP contribution in [0.3, 0.4) is 0 Å². The van der Waals surface area contributed by atoms with Crippen molar-refractivity contribution in [2.45, 2.75) is 0 Å². The summed E-state index contributed by atoms with van der Waals surface area (Å²) in [5, 5.41) is 27.3. The summed E-state index contributed by atoms with van der Waals surface area (Å²) < 4.78 is 5.29. The maximum absolute atomic E-state index is 9.51. The summed E-state index contributed by atoms with van der Waals surface area (Å²) in [5.41, 5.74) is 1.59. The van der Waals surface area contributed by atoms with Crippen LogP contribution in [0.4, 0.5) is 0 Å². The van der Waals surface area contributed by atoms with Crippen LogP contribution in [0, 0.1) is 16.7 Å². The van der Waals surface area contributed by atoms with Gasteiger partial charge in [0.2, 0.25) is 5.55 Å². The highest BCUT2D eigenvalue weighted by atomic mass is 16.3. The van der Waals surface area contributed by atoms with E-state index < -0.39 is 0 Å². The highest BCUT2D eigenvalue weighted by Crippen LogP contribution is 2.31. The third-order valence-corrected chi connectivity index (χ3v) is 2.99. The molecule has 0 aliphatic carbocycles. The molecule has 0 amide bonds. The van der Waals surface area contributed by atoms with Crippen LogP contribution in [-0.4, -0.2) is 10.1 Å². The van der Waals surface area contributed by atoms with Crippen molar-refractivity contribution in [3.05, 3.63) is 53.8 Å². The van der Waals surface area contributed by atoms with Gasteiger partial charge in [-0.15, -0.1) is 0 Å². The molecule has 0 atom stereocenters. The van der Waals surface area contributed by atoms with Crippen LogP contribution in [0.1, 0.15) is 5.56 Å². The van der Waals surface area contributed by atoms with Crippen LogP contribution < -0.4 is 5.55 Å². The second-order valence-corrected chi connectivity index (χ2v) is 4.22. The second kappa shape index (κ2) is 4.52. The molecule has 2 aromatic heterocycles. The number of aromatic nitrogens is 1. The Morgan fingerprint density at radius 3 is 2.85 bits per heavy atom. The lowest BCUT2D eigenvalue weighted by Crippen LogP contribution is -2.07. The fourth-order valence-corrected chi connectivity index (χ4v) is 2.13. The molecule has 3 aromatic rings. The van der Waals surface area contributed by atoms with Gasteiger partial charge in [0.05, 0.1) is 0 Å². The van der Waals surface area contributed by atoms with Gasteiger partial charge in [0.25, 0.3) is 0 Å². The first kappa shape index (κ1) is 11.9. The van der Waals surface area contributed by atoms with Crippen molar-refractivity contribution in [2.75, 3.05) is 0 Å². The molecule has 2 heterocycles. The largest absolute Gasteiger partial charge is 0.508 e. The molecule has 0 unspecified atom stereocenters. The zero-order chi connectivity index (χ0) is 14.1. The normalized spacial score (nSPS) is 10.3. The molecule has 5 nitrogen and oxygen atoms in total. The van der Waals surface area contributed by atoms with Gasteiger partial charge in [-0.05, 0) is 18.2 Å². The molecule has 0 aliphatic heterocycles. The van der Waals surface area contributed by atoms with Crippen LogP contribution in [0.25, 0.3) is 22.1 Å². The Hall–Kier alpha value is -3.13. The van der Waals surface area contributed by atoms with E-state index in [2.05, 4.69) is 4.98 Å². The van der Waals surface area contributed by atoms with Gasteiger partial charge < -0.3 is 9.52 Å². The van der Waals surface area contributed by atoms with Gasteiger partial charge in [-0.25, -0.2) is 0 Å². The molecule has 0 radical (unpaired) electrons. The van der Waals surface area contributed by atoms with E-state index in [-0.39, 0.29) is 16.9 Å². The Morgan fingerprint density at radius 2 is 2.15 bits per heavy atom. The summed E-state index contributed by atoms with van der Waals surface area (Å²) in [6, 6.07) is 10.2. The molecule has 5 heteroatoms. The molecule has 3 rings (SSSR count). The number of hydrogen-bond donors (Lipinski definition) is 2. The third kappa shape index (κ3) is 1.80. The number of fused-ring (bicyclic) bond motifs is 1. The number of pyridine rings is 1. The standard InChI is InChI=1S/C15H9N3O2/c16-7-12-14(9-2-1-5-18-8-9)11-4-3-10(19)6-13(11)20-15(12)17/h1-6,8,17,19H. The molecule has 1 aromatic carbocycles. The van der Waals surface area contributed by atoms with E-state index in [1.165, 1.54) is 12.1 Å². The number of nitrogens with one attached hydrogen (secondary N) is 1. The summed E-state index contributed by atoms with van der Waals surface area (Å²) in [4.78, 5) is 4.04. The molecule has 0 aliphatic rings. The van der Waals surface area contributed by atoms with Crippen molar-refractivity contribution in [1.82, 2.24) is 4.98 Å². The first-order valence-electron chi connectivity index (χ1n) is 5.85. The smallest absolute Gasteiger partial charge is 0.230 e. The Balaban J connectivity index is 2.51. The fraction of sp³-hybridized carbons (Fsp3) is 0. The maximum atomic E-state index is 9.51. The van der Waals surface area contributed by atoms with Crippen LogP contribution in [0.5, 0.6) is 5.75 Å². The average Bonchev–Trinajstić information content (AvgIpc) is 2.46. The number of hydrogen-bond acceptors (Lipinski definition) is 5. The summed E-state index contributed by atoms with van der Waals surface area (Å²) in [6.07, 6.45) is 3.26. The molecule has 96 valence electrons. The van der Waals surface area contributed by atoms with Crippen LogP contribution >= 0.6 is 0 Å². The van der Waals surface area contributed by atoms with Crippen molar-refractivity contribution < 1.29 is 9.52 Å². The van der Waals surface area contributed by atoms with Gasteiger partial charge in [-0.2, -0.15) is 5.26 Å². The predicted octanol–water partition coefficient (Wildman–Crippen LogP) is 2.55. The Labute approximate surface area is 113 Å². The second-order valence-electron chi connectivity index (χ2n) is 4.22. The van der Waals surface area contributed by atoms with E-state index in [4.69, 9.17) is 9.83 Å². The third-order valence-electron chi connectivity index (χ3n) is 2.99. The fourth-order valence-electron chi connectivity index (χ4n) is 2.13. The first-order valence-corrected chi connectivity index (χ1v) is 5.85. The summed E-state index contributed by atoms with van der Waals surface area (Å²) in [6.45, 7) is 0. The first-order chi connectivity index (χ1) is 9.70. The van der Waals surface area contributed by atoms with Gasteiger partial charge >= 0.3 is 0 Å². The van der Waals surface area contributed by atoms with Crippen molar-refractivity contribution in [3.63, 3.8) is 0 Å². The van der Waals surface area contributed by atoms with Gasteiger partial charge in [-0.1, -0.05) is 6.07 Å². The highest BCUT2D eigenvalue weighted by molar-refractivity contribution is 5.96. The summed E-state index contributed by atoms with van der Waals surface area (Å²) >= 11 is 0. The molecule has 0 fully saturated rings. The number of phenols is 1. The van der Waals surface area contributed by atoms with Crippen molar-refractivity contribution in [1.29, 1.82) is 10.7 Å². The van der Waals surface area contributed by atoms with E-state index in [1.54, 1.807) is 24.5 Å². The van der Waals surface area contributed by atoms with E-state index in [0.717, 1.165) is 5.56 Å². The van der Waals surface area contributed by atoms with Gasteiger partial charge in [0.15, 0.2) is 0 Å². The predicted molar refractivity (Wildman–Crippen MR) is 71.7 cm³/mol. The van der Waals surface area contributed by atoms with E-state index >= 15 is 0 Å². The van der Waals surface area contributed by atoms with Crippen LogP contribution in [-0.2, 0) is 0 Å². The Kier molecular flexibility index (Phi) is 2.70. The molecule has 0 saturated heterocycles. The number of rotatable bonds is 1. The minimum Gasteiger partial charge on any atom is -0.508 e. The molecular formula is C15H9N3O2. The molecular weight excluding hydrogens is 254 g/mol. The maximum Gasteiger partial charge on any atom is 0.230 e. The van der Waals surface area contributed by atoms with Crippen molar-refractivity contribution in [2.24, 2.45) is 0 Å². The lowest BCUT2D eigenvalue weighted by atomic mass is 9.99. The quantitative estimate of drug-likeness (QED) is 0.705. The Bertz CT molecular complexity index is 893. The molecule has 2 N–H and O–H groups in total. The van der Waals surface area contributed by atoms with E-state index in [0.29, 0.717) is 16.5 Å². The highest BCUT2D eigenvalue weighted by Gasteiger charge is 2.14. The van der Waals surface area contributed by atoms with E-state index in [9.17, 15) is 10.4 Å². The van der Waals surface area contributed by atoms with Crippen LogP contribution in [0.2, 0.25) is 0 Å². The number of nitriles is 1. The van der Waals surface area contributed by atoms with Gasteiger partial charge in [0, 0.05) is 35.0 Å². The number of aromatic hydroxyl groups is 1. The number of benzene rings is 1. The molecule has 0 bridgehead atoms. The minimum absolute atomic E-state index is 0.0440. The zero-order valence-corrected chi connectivity index (χ0v) is 10.3. The lowest BCUT2D eigenvalue weighted by molar-refractivity contribution is 0.472. The molecule has 20 heavy (non-hydrogen) atoms. The van der Waals surface area contributed by atoms with Crippen molar-refractivity contribution in [3.8, 4) is 22.9 Å². The van der Waals surface area contributed by atoms with Crippen molar-refractivity contribution >= 4 is 11.0 Å². The number of phenolic OH excluding ortho intramolecular Hbond substituents is 1. The average molecular weight is 263 g/mol. The van der Waals surface area contributed by atoms with E-state index in [1.807, 2.05) is 12.1 Å². The topological polar surface area (TPSA) is 93.9 Å². The summed E-state index contributed by atoms with van der Waals surface area (Å²) in [7, 11) is 0.